The normalized spacial score (nSPS) is 24.8. The number of aromatic nitrogens is 1. The topological polar surface area (TPSA) is 54.5 Å². The van der Waals surface area contributed by atoms with Crippen molar-refractivity contribution in [3.63, 3.8) is 0 Å². The molecule has 5 nitrogen and oxygen atoms in total. The summed E-state index contributed by atoms with van der Waals surface area (Å²) in [6, 6.07) is 5.88. The second-order valence-corrected chi connectivity index (χ2v) is 8.31. The Morgan fingerprint density at radius 1 is 1.42 bits per heavy atom. The van der Waals surface area contributed by atoms with Crippen molar-refractivity contribution in [3.8, 4) is 0 Å². The van der Waals surface area contributed by atoms with Crippen LogP contribution < -0.4 is 5.32 Å². The molecule has 0 aliphatic carbocycles. The van der Waals surface area contributed by atoms with Gasteiger partial charge in [0, 0.05) is 42.9 Å². The summed E-state index contributed by atoms with van der Waals surface area (Å²) in [6.45, 7) is 4.32. The highest BCUT2D eigenvalue weighted by Gasteiger charge is 2.40. The molecule has 1 N–H and O–H groups in total. The van der Waals surface area contributed by atoms with Crippen LogP contribution in [0.25, 0.3) is 0 Å². The van der Waals surface area contributed by atoms with Gasteiger partial charge in [-0.3, -0.25) is 14.7 Å². The Balaban J connectivity index is 1.43. The number of nitrogens with one attached hydrogen (secondary N) is 1. The van der Waals surface area contributed by atoms with Gasteiger partial charge in [-0.05, 0) is 24.3 Å². The predicted octanol–water partition coefficient (Wildman–Crippen LogP) is 1.64. The van der Waals surface area contributed by atoms with Crippen molar-refractivity contribution >= 4 is 29.4 Å². The fraction of sp³-hybridized carbons (Fsp3) is 0.647. The van der Waals surface area contributed by atoms with E-state index < -0.39 is 0 Å². The lowest BCUT2D eigenvalue weighted by atomic mass is 9.95. The quantitative estimate of drug-likeness (QED) is 0.791. The number of thioether (sulfide) groups is 2. The molecule has 132 valence electrons. The molecule has 0 saturated carbocycles. The lowest BCUT2D eigenvalue weighted by molar-refractivity contribution is -0.119. The second-order valence-electron chi connectivity index (χ2n) is 6.22. The van der Waals surface area contributed by atoms with Crippen LogP contribution in [0.4, 0.5) is 0 Å². The van der Waals surface area contributed by atoms with E-state index in [0.29, 0.717) is 5.75 Å². The first-order valence-electron chi connectivity index (χ1n) is 8.43. The van der Waals surface area contributed by atoms with Crippen LogP contribution in [0.2, 0.25) is 0 Å². The molecule has 2 aliphatic heterocycles. The zero-order valence-electron chi connectivity index (χ0n) is 13.9. The maximum Gasteiger partial charge on any atom is 0.230 e. The van der Waals surface area contributed by atoms with E-state index in [4.69, 9.17) is 4.74 Å². The van der Waals surface area contributed by atoms with E-state index in [-0.39, 0.29) is 11.4 Å². The van der Waals surface area contributed by atoms with Gasteiger partial charge in [-0.2, -0.15) is 11.8 Å². The van der Waals surface area contributed by atoms with Crippen molar-refractivity contribution < 1.29 is 9.53 Å². The van der Waals surface area contributed by atoms with Crippen LogP contribution in [0.1, 0.15) is 12.1 Å². The van der Waals surface area contributed by atoms with Gasteiger partial charge >= 0.3 is 0 Å². The third-order valence-electron chi connectivity index (χ3n) is 4.59. The molecule has 3 rings (SSSR count). The van der Waals surface area contributed by atoms with Crippen molar-refractivity contribution in [2.45, 2.75) is 17.7 Å². The van der Waals surface area contributed by atoms with Crippen LogP contribution in [0.5, 0.6) is 0 Å². The van der Waals surface area contributed by atoms with E-state index in [2.05, 4.69) is 15.2 Å². The maximum absolute atomic E-state index is 12.2. The molecular formula is C17H25N3O2S2. The maximum atomic E-state index is 12.2. The lowest BCUT2D eigenvalue weighted by Gasteiger charge is -2.43. The van der Waals surface area contributed by atoms with Gasteiger partial charge in [0.25, 0.3) is 0 Å². The summed E-state index contributed by atoms with van der Waals surface area (Å²) >= 11 is 3.61. The molecule has 7 heteroatoms. The van der Waals surface area contributed by atoms with Crippen LogP contribution >= 0.6 is 23.5 Å². The lowest BCUT2D eigenvalue weighted by Crippen LogP contribution is -2.59. The average Bonchev–Trinajstić information content (AvgIpc) is 3.12. The molecule has 1 amide bonds. The molecule has 2 fully saturated rings. The number of ether oxygens (including phenoxy) is 1. The van der Waals surface area contributed by atoms with Crippen molar-refractivity contribution in [2.24, 2.45) is 0 Å². The minimum atomic E-state index is 0.121. The summed E-state index contributed by atoms with van der Waals surface area (Å²) in [5.41, 5.74) is 1.14. The fourth-order valence-corrected chi connectivity index (χ4v) is 5.43. The molecule has 24 heavy (non-hydrogen) atoms. The van der Waals surface area contributed by atoms with Gasteiger partial charge in [0.15, 0.2) is 0 Å². The van der Waals surface area contributed by atoms with Gasteiger partial charge in [-0.25, -0.2) is 0 Å². The molecule has 1 aromatic rings. The zero-order valence-corrected chi connectivity index (χ0v) is 15.5. The van der Waals surface area contributed by atoms with Crippen LogP contribution in [-0.2, 0) is 15.3 Å². The molecule has 1 aromatic heterocycles. The SMILES string of the molecule is O=C(CSCc1ccccn1)NC[C@@]1(N2CCOCC2)CCSC1. The Kier molecular flexibility index (Phi) is 6.83. The summed E-state index contributed by atoms with van der Waals surface area (Å²) < 4.78 is 5.48. The molecule has 3 heterocycles. The van der Waals surface area contributed by atoms with Gasteiger partial charge in [-0.15, -0.1) is 11.8 Å². The first-order chi connectivity index (χ1) is 11.8. The Labute approximate surface area is 152 Å². The highest BCUT2D eigenvalue weighted by Crippen LogP contribution is 2.33. The van der Waals surface area contributed by atoms with Crippen molar-refractivity contribution in [1.82, 2.24) is 15.2 Å². The van der Waals surface area contributed by atoms with Crippen LogP contribution in [0.3, 0.4) is 0 Å². The monoisotopic (exact) mass is 367 g/mol. The minimum absolute atomic E-state index is 0.121. The number of carbonyl (C=O) groups is 1. The van der Waals surface area contributed by atoms with Gasteiger partial charge in [-0.1, -0.05) is 6.07 Å². The molecule has 0 bridgehead atoms. The Bertz CT molecular complexity index is 518. The summed E-state index contributed by atoms with van der Waals surface area (Å²) in [6.07, 6.45) is 2.94. The molecule has 2 aliphatic rings. The van der Waals surface area contributed by atoms with Crippen molar-refractivity contribution in [3.05, 3.63) is 30.1 Å². The second kappa shape index (κ2) is 9.08. The summed E-state index contributed by atoms with van der Waals surface area (Å²) in [4.78, 5) is 19.0. The first kappa shape index (κ1) is 18.0. The van der Waals surface area contributed by atoms with Gasteiger partial charge in [0.05, 0.1) is 24.7 Å². The third-order valence-corrected chi connectivity index (χ3v) is 6.79. The first-order valence-corrected chi connectivity index (χ1v) is 10.7. The molecular weight excluding hydrogens is 342 g/mol. The summed E-state index contributed by atoms with van der Waals surface area (Å²) in [7, 11) is 0. The number of rotatable bonds is 7. The van der Waals surface area contributed by atoms with E-state index in [9.17, 15) is 4.79 Å². The molecule has 1 atom stereocenters. The largest absolute Gasteiger partial charge is 0.379 e. The summed E-state index contributed by atoms with van der Waals surface area (Å²) in [5, 5.41) is 3.17. The Morgan fingerprint density at radius 2 is 2.29 bits per heavy atom. The van der Waals surface area contributed by atoms with Crippen molar-refractivity contribution in [2.75, 3.05) is 50.1 Å². The number of hydrogen-bond donors (Lipinski definition) is 1. The predicted molar refractivity (Wildman–Crippen MR) is 100 cm³/mol. The number of carbonyl (C=O) groups excluding carboxylic acids is 1. The minimum Gasteiger partial charge on any atom is -0.379 e. The van der Waals surface area contributed by atoms with Crippen LogP contribution in [0.15, 0.2) is 24.4 Å². The number of nitrogens with zero attached hydrogens (tertiary/aromatic N) is 2. The molecule has 0 unspecified atom stereocenters. The van der Waals surface area contributed by atoms with Crippen molar-refractivity contribution in [1.29, 1.82) is 0 Å². The van der Waals surface area contributed by atoms with E-state index in [0.717, 1.165) is 56.5 Å². The molecule has 0 spiro atoms. The third kappa shape index (κ3) is 4.88. The van der Waals surface area contributed by atoms with Crippen LogP contribution in [0, 0.1) is 0 Å². The van der Waals surface area contributed by atoms with Gasteiger partial charge in [0.2, 0.25) is 5.91 Å². The highest BCUT2D eigenvalue weighted by molar-refractivity contribution is 7.99. The number of hydrogen-bond acceptors (Lipinski definition) is 6. The van der Waals surface area contributed by atoms with E-state index in [1.165, 1.54) is 5.75 Å². The highest BCUT2D eigenvalue weighted by atomic mass is 32.2. The molecule has 0 aromatic carbocycles. The molecule has 0 radical (unpaired) electrons. The smallest absolute Gasteiger partial charge is 0.230 e. The molecule has 2 saturated heterocycles. The summed E-state index contributed by atoms with van der Waals surface area (Å²) in [5.74, 6) is 3.68. The number of morpholine rings is 1. The Morgan fingerprint density at radius 3 is 3.00 bits per heavy atom. The van der Waals surface area contributed by atoms with E-state index in [1.807, 2.05) is 30.0 Å². The Hall–Kier alpha value is -0.760. The fourth-order valence-electron chi connectivity index (χ4n) is 3.18. The van der Waals surface area contributed by atoms with E-state index in [1.54, 1.807) is 18.0 Å². The van der Waals surface area contributed by atoms with Crippen LogP contribution in [-0.4, -0.2) is 71.4 Å². The standard InChI is InChI=1S/C17H25N3O2S2/c21-16(12-24-11-15-3-1-2-5-18-15)19-13-17(4-10-23-14-17)20-6-8-22-9-7-20/h1-3,5H,4,6-14H2,(H,19,21)/t17-/m0/s1. The number of pyridine rings is 1. The number of amides is 1. The average molecular weight is 368 g/mol. The zero-order chi connectivity index (χ0) is 16.7. The van der Waals surface area contributed by atoms with Gasteiger partial charge < -0.3 is 10.1 Å². The van der Waals surface area contributed by atoms with E-state index >= 15 is 0 Å². The van der Waals surface area contributed by atoms with Gasteiger partial charge in [0.1, 0.15) is 0 Å².